The minimum atomic E-state index is -3.75. The number of nitrogens with one attached hydrogen (secondary N) is 1. The molecule has 1 aromatic carbocycles. The van der Waals surface area contributed by atoms with Crippen LogP contribution < -0.4 is 16.2 Å². The first kappa shape index (κ1) is 13.9. The molecule has 0 saturated heterocycles. The quantitative estimate of drug-likeness (QED) is 0.751. The fourth-order valence-corrected chi connectivity index (χ4v) is 3.09. The van der Waals surface area contributed by atoms with Gasteiger partial charge < -0.3 is 11.1 Å². The molecule has 7 heteroatoms. The minimum absolute atomic E-state index is 0.0119. The van der Waals surface area contributed by atoms with E-state index >= 15 is 0 Å². The van der Waals surface area contributed by atoms with E-state index in [9.17, 15) is 8.42 Å². The second kappa shape index (κ2) is 5.20. The molecule has 2 aromatic rings. The monoisotopic (exact) mass is 297 g/mol. The summed E-state index contributed by atoms with van der Waals surface area (Å²) in [4.78, 5) is 1.21. The summed E-state index contributed by atoms with van der Waals surface area (Å²) in [5.74, 6) is 0. The Morgan fingerprint density at radius 1 is 1.32 bits per heavy atom. The Morgan fingerprint density at radius 2 is 2.05 bits per heavy atom. The van der Waals surface area contributed by atoms with Crippen molar-refractivity contribution in [3.8, 4) is 0 Å². The molecular weight excluding hydrogens is 282 g/mol. The topological polar surface area (TPSA) is 98.2 Å². The van der Waals surface area contributed by atoms with Gasteiger partial charge in [-0.25, -0.2) is 13.6 Å². The third-order valence-corrected chi connectivity index (χ3v) is 4.59. The van der Waals surface area contributed by atoms with Gasteiger partial charge in [0, 0.05) is 22.8 Å². The molecule has 0 atom stereocenters. The maximum Gasteiger partial charge on any atom is 0.238 e. The zero-order chi connectivity index (χ0) is 14.0. The number of primary sulfonamides is 1. The third-order valence-electron chi connectivity index (χ3n) is 2.68. The smallest absolute Gasteiger partial charge is 0.238 e. The van der Waals surface area contributed by atoms with Crippen LogP contribution >= 0.6 is 11.3 Å². The molecule has 0 spiro atoms. The molecule has 0 aliphatic heterocycles. The number of aryl methyl sites for hydroxylation is 1. The zero-order valence-electron chi connectivity index (χ0n) is 10.4. The van der Waals surface area contributed by atoms with Gasteiger partial charge in [0.05, 0.1) is 4.90 Å². The number of nitrogen functional groups attached to an aromatic ring is 1. The zero-order valence-corrected chi connectivity index (χ0v) is 12.0. The number of hydrogen-bond donors (Lipinski definition) is 3. The Bertz CT molecular complexity index is 693. The average molecular weight is 297 g/mol. The van der Waals surface area contributed by atoms with Crippen LogP contribution in [-0.4, -0.2) is 8.42 Å². The van der Waals surface area contributed by atoms with Crippen molar-refractivity contribution in [3.63, 3.8) is 0 Å². The highest BCUT2D eigenvalue weighted by Gasteiger charge is 2.10. The summed E-state index contributed by atoms with van der Waals surface area (Å²) in [5, 5.41) is 10.3. The van der Waals surface area contributed by atoms with Gasteiger partial charge in [-0.15, -0.1) is 11.3 Å². The largest absolute Gasteiger partial charge is 0.399 e. The van der Waals surface area contributed by atoms with Crippen molar-refractivity contribution in [1.82, 2.24) is 0 Å². The summed E-state index contributed by atoms with van der Waals surface area (Å²) in [6.45, 7) is 2.65. The lowest BCUT2D eigenvalue weighted by molar-refractivity contribution is 0.598. The van der Waals surface area contributed by atoms with Crippen molar-refractivity contribution in [3.05, 3.63) is 40.1 Å². The Balaban J connectivity index is 2.22. The van der Waals surface area contributed by atoms with Gasteiger partial charge >= 0.3 is 0 Å². The Hall–Kier alpha value is -1.57. The van der Waals surface area contributed by atoms with E-state index in [4.69, 9.17) is 10.9 Å². The van der Waals surface area contributed by atoms with Crippen LogP contribution in [0.1, 0.15) is 10.4 Å². The van der Waals surface area contributed by atoms with Crippen LogP contribution in [0.2, 0.25) is 0 Å². The van der Waals surface area contributed by atoms with Crippen LogP contribution in [0.4, 0.5) is 11.4 Å². The molecule has 0 unspecified atom stereocenters. The van der Waals surface area contributed by atoms with Crippen molar-refractivity contribution in [1.29, 1.82) is 0 Å². The number of rotatable bonds is 4. The summed E-state index contributed by atoms with van der Waals surface area (Å²) in [5.41, 5.74) is 7.87. The molecule has 2 rings (SSSR count). The summed E-state index contributed by atoms with van der Waals surface area (Å²) in [6.07, 6.45) is 0. The molecule has 0 radical (unpaired) electrons. The lowest BCUT2D eigenvalue weighted by Gasteiger charge is -2.09. The molecular formula is C12H15N3O2S2. The van der Waals surface area contributed by atoms with Crippen LogP contribution in [-0.2, 0) is 16.6 Å². The highest BCUT2D eigenvalue weighted by atomic mass is 32.2. The molecule has 0 bridgehead atoms. The van der Waals surface area contributed by atoms with E-state index in [1.807, 2.05) is 18.4 Å². The Kier molecular flexibility index (Phi) is 3.79. The van der Waals surface area contributed by atoms with Crippen molar-refractivity contribution in [2.24, 2.45) is 5.14 Å². The molecule has 19 heavy (non-hydrogen) atoms. The molecule has 0 fully saturated rings. The number of sulfonamides is 1. The van der Waals surface area contributed by atoms with Gasteiger partial charge in [-0.05, 0) is 42.1 Å². The van der Waals surface area contributed by atoms with Crippen LogP contribution in [0, 0.1) is 6.92 Å². The van der Waals surface area contributed by atoms with Gasteiger partial charge in [0.25, 0.3) is 0 Å². The number of hydrogen-bond acceptors (Lipinski definition) is 5. The van der Waals surface area contributed by atoms with E-state index in [2.05, 4.69) is 5.32 Å². The van der Waals surface area contributed by atoms with Gasteiger partial charge in [-0.1, -0.05) is 0 Å². The number of thiophene rings is 1. The molecule has 0 aliphatic carbocycles. The van der Waals surface area contributed by atoms with Gasteiger partial charge in [-0.3, -0.25) is 0 Å². The predicted molar refractivity (Wildman–Crippen MR) is 78.6 cm³/mol. The summed E-state index contributed by atoms with van der Waals surface area (Å²) >= 11 is 1.65. The molecule has 5 N–H and O–H groups in total. The Labute approximate surface area is 116 Å². The summed E-state index contributed by atoms with van der Waals surface area (Å²) in [6, 6.07) is 6.54. The number of benzene rings is 1. The SMILES string of the molecule is Cc1ccsc1CNc1cc(N)cc(S(N)(=O)=O)c1. The molecule has 0 aliphatic rings. The van der Waals surface area contributed by atoms with E-state index < -0.39 is 10.0 Å². The number of nitrogens with two attached hydrogens (primary N) is 2. The van der Waals surface area contributed by atoms with E-state index in [1.165, 1.54) is 22.6 Å². The van der Waals surface area contributed by atoms with Gasteiger partial charge in [0.1, 0.15) is 0 Å². The van der Waals surface area contributed by atoms with E-state index in [1.54, 1.807) is 17.4 Å². The van der Waals surface area contributed by atoms with Gasteiger partial charge in [0.15, 0.2) is 0 Å². The molecule has 102 valence electrons. The van der Waals surface area contributed by atoms with Crippen LogP contribution in [0.25, 0.3) is 0 Å². The third kappa shape index (κ3) is 3.46. The normalized spacial score (nSPS) is 11.5. The molecule has 0 saturated carbocycles. The first-order valence-corrected chi connectivity index (χ1v) is 7.99. The van der Waals surface area contributed by atoms with E-state index in [0.717, 1.165) is 0 Å². The first-order chi connectivity index (χ1) is 8.86. The first-order valence-electron chi connectivity index (χ1n) is 5.56. The maximum atomic E-state index is 11.3. The second-order valence-corrected chi connectivity index (χ2v) is 6.78. The lowest BCUT2D eigenvalue weighted by Crippen LogP contribution is -2.13. The Morgan fingerprint density at radius 3 is 2.63 bits per heavy atom. The van der Waals surface area contributed by atoms with E-state index in [0.29, 0.717) is 17.9 Å². The number of anilines is 2. The van der Waals surface area contributed by atoms with Gasteiger partial charge in [0.2, 0.25) is 10.0 Å². The molecule has 5 nitrogen and oxygen atoms in total. The highest BCUT2D eigenvalue weighted by molar-refractivity contribution is 7.89. The maximum absolute atomic E-state index is 11.3. The predicted octanol–water partition coefficient (Wildman–Crippen LogP) is 1.90. The molecule has 1 aromatic heterocycles. The highest BCUT2D eigenvalue weighted by Crippen LogP contribution is 2.22. The van der Waals surface area contributed by atoms with Crippen LogP contribution in [0.3, 0.4) is 0 Å². The average Bonchev–Trinajstić information content (AvgIpc) is 2.70. The summed E-state index contributed by atoms with van der Waals surface area (Å²) < 4.78 is 22.6. The van der Waals surface area contributed by atoms with Crippen molar-refractivity contribution >= 4 is 32.7 Å². The molecule has 1 heterocycles. The van der Waals surface area contributed by atoms with Crippen molar-refractivity contribution < 1.29 is 8.42 Å². The van der Waals surface area contributed by atoms with Crippen LogP contribution in [0.15, 0.2) is 34.5 Å². The fraction of sp³-hybridized carbons (Fsp3) is 0.167. The molecule has 0 amide bonds. The fourth-order valence-electron chi connectivity index (χ4n) is 1.66. The second-order valence-electron chi connectivity index (χ2n) is 4.22. The lowest BCUT2D eigenvalue weighted by atomic mass is 10.2. The van der Waals surface area contributed by atoms with Crippen molar-refractivity contribution in [2.75, 3.05) is 11.1 Å². The van der Waals surface area contributed by atoms with E-state index in [-0.39, 0.29) is 4.90 Å². The minimum Gasteiger partial charge on any atom is -0.399 e. The summed E-state index contributed by atoms with van der Waals surface area (Å²) in [7, 11) is -3.75. The standard InChI is InChI=1S/C12H15N3O2S2/c1-8-2-3-18-12(8)7-15-10-4-9(13)5-11(6-10)19(14,16)17/h2-6,15H,7,13H2,1H3,(H2,14,16,17). The van der Waals surface area contributed by atoms with Crippen LogP contribution in [0.5, 0.6) is 0 Å². The van der Waals surface area contributed by atoms with Crippen molar-refractivity contribution in [2.45, 2.75) is 18.4 Å². The van der Waals surface area contributed by atoms with Gasteiger partial charge in [-0.2, -0.15) is 0 Å².